The summed E-state index contributed by atoms with van der Waals surface area (Å²) in [4.78, 5) is 91.0. The summed E-state index contributed by atoms with van der Waals surface area (Å²) < 4.78 is 31.3. The summed E-state index contributed by atoms with van der Waals surface area (Å²) in [6.45, 7) is 8.41. The first-order chi connectivity index (χ1) is 27.7. The topological polar surface area (TPSA) is 207 Å². The van der Waals surface area contributed by atoms with Crippen LogP contribution in [0.3, 0.4) is 0 Å². The number of aliphatic carboxylic acids is 1. The van der Waals surface area contributed by atoms with Gasteiger partial charge in [0.2, 0.25) is 23.6 Å². The van der Waals surface area contributed by atoms with Gasteiger partial charge >= 0.3 is 5.97 Å². The monoisotopic (exact) mass is 820 g/mol. The van der Waals surface area contributed by atoms with Crippen LogP contribution in [0, 0.1) is 23.0 Å². The number of carbonyl (C=O) groups excluding carboxylic acids is 6. The summed E-state index contributed by atoms with van der Waals surface area (Å²) in [7, 11) is 0. The zero-order chi connectivity index (χ0) is 43.8. The van der Waals surface area contributed by atoms with E-state index in [0.717, 1.165) is 35.9 Å². The third-order valence-corrected chi connectivity index (χ3v) is 9.73. The van der Waals surface area contributed by atoms with Crippen LogP contribution < -0.4 is 16.0 Å². The Kier molecular flexibility index (Phi) is 15.0. The molecule has 59 heavy (non-hydrogen) atoms. The number of hydrogen-bond donors (Lipinski definition) is 5. The largest absolute Gasteiger partial charge is 0.480 e. The standard InChI is InChI=1S/C42H50F2N6O9/c1-24(2)37(47-33(52)22-50-34(53)14-15-35(50)54)40(57)45-25(3)39(56)46-31(41(58)59)16-17-49(36(55)23-51)38(42(4,5)6)32-18-27(29-19-28(43)12-13-30(29)44)21-48(32)20-26-10-8-7-9-11-26/h7-15,18-19,21,24-25,31,37-38,51H,16-17,20,22-23H2,1-6H3,(H,45,57)(H,46,56)(H,47,52)(H,58,59)/t25-,31-,37?,38-/m0/s1. The zero-order valence-electron chi connectivity index (χ0n) is 33.7. The molecule has 1 aromatic heterocycles. The number of nitrogens with one attached hydrogen (secondary N) is 3. The Balaban J connectivity index is 1.56. The highest BCUT2D eigenvalue weighted by atomic mass is 19.1. The highest BCUT2D eigenvalue weighted by Crippen LogP contribution is 2.41. The second kappa shape index (κ2) is 19.5. The van der Waals surface area contributed by atoms with E-state index in [-0.39, 0.29) is 25.1 Å². The van der Waals surface area contributed by atoms with Crippen molar-refractivity contribution >= 4 is 41.4 Å². The molecule has 3 aromatic rings. The number of carbonyl (C=O) groups is 7. The Bertz CT molecular complexity index is 2080. The maximum absolute atomic E-state index is 15.1. The molecule has 4 atom stereocenters. The molecule has 5 N–H and O–H groups in total. The van der Waals surface area contributed by atoms with Crippen LogP contribution in [0.5, 0.6) is 0 Å². The van der Waals surface area contributed by atoms with E-state index >= 15 is 4.39 Å². The van der Waals surface area contributed by atoms with Crippen LogP contribution in [0.4, 0.5) is 8.78 Å². The highest BCUT2D eigenvalue weighted by molar-refractivity contribution is 6.14. The molecule has 1 aliphatic rings. The summed E-state index contributed by atoms with van der Waals surface area (Å²) in [6.07, 6.45) is 3.31. The first-order valence-electron chi connectivity index (χ1n) is 19.0. The van der Waals surface area contributed by atoms with Gasteiger partial charge in [0.15, 0.2) is 0 Å². The summed E-state index contributed by atoms with van der Waals surface area (Å²) in [6, 6.07) is 8.99. The lowest BCUT2D eigenvalue weighted by Crippen LogP contribution is -2.57. The van der Waals surface area contributed by atoms with Crippen LogP contribution in [-0.2, 0) is 40.1 Å². The number of aliphatic hydroxyl groups excluding tert-OH is 1. The van der Waals surface area contributed by atoms with Gasteiger partial charge in [0.05, 0.1) is 6.04 Å². The van der Waals surface area contributed by atoms with Crippen LogP contribution >= 0.6 is 0 Å². The van der Waals surface area contributed by atoms with E-state index in [1.54, 1.807) is 30.7 Å². The molecular weight excluding hydrogens is 770 g/mol. The number of amides is 6. The van der Waals surface area contributed by atoms with Gasteiger partial charge < -0.3 is 35.6 Å². The fourth-order valence-corrected chi connectivity index (χ4v) is 6.78. The van der Waals surface area contributed by atoms with E-state index in [0.29, 0.717) is 16.2 Å². The van der Waals surface area contributed by atoms with Gasteiger partial charge in [-0.1, -0.05) is 65.0 Å². The number of halogens is 2. The van der Waals surface area contributed by atoms with Crippen molar-refractivity contribution in [3.8, 4) is 11.1 Å². The molecule has 0 saturated heterocycles. The van der Waals surface area contributed by atoms with Gasteiger partial charge in [0.25, 0.3) is 11.8 Å². The second-order valence-corrected chi connectivity index (χ2v) is 15.7. The molecule has 0 fully saturated rings. The lowest BCUT2D eigenvalue weighted by molar-refractivity contribution is -0.144. The Labute approximate surface area is 340 Å². The predicted octanol–water partition coefficient (Wildman–Crippen LogP) is 2.92. The van der Waals surface area contributed by atoms with Gasteiger partial charge in [-0.25, -0.2) is 13.6 Å². The number of nitrogens with zero attached hydrogens (tertiary/aromatic N) is 3. The molecular formula is C42H50F2N6O9. The van der Waals surface area contributed by atoms with Crippen LogP contribution in [0.2, 0.25) is 0 Å². The van der Waals surface area contributed by atoms with Crippen LogP contribution in [0.15, 0.2) is 72.9 Å². The number of imide groups is 1. The molecule has 1 aliphatic heterocycles. The second-order valence-electron chi connectivity index (χ2n) is 15.7. The summed E-state index contributed by atoms with van der Waals surface area (Å²) in [5, 5.41) is 27.6. The molecule has 4 rings (SSSR count). The molecule has 15 nitrogen and oxygen atoms in total. The maximum Gasteiger partial charge on any atom is 0.326 e. The Hall–Kier alpha value is -6.23. The minimum atomic E-state index is -1.59. The molecule has 6 amide bonds. The lowest BCUT2D eigenvalue weighted by atomic mass is 9.82. The minimum absolute atomic E-state index is 0.0182. The van der Waals surface area contributed by atoms with Crippen molar-refractivity contribution in [1.29, 1.82) is 0 Å². The average Bonchev–Trinajstić information content (AvgIpc) is 3.72. The fourth-order valence-electron chi connectivity index (χ4n) is 6.78. The summed E-state index contributed by atoms with van der Waals surface area (Å²) in [5.41, 5.74) is 0.840. The quantitative estimate of drug-likeness (QED) is 0.120. The Morgan fingerprint density at radius 3 is 2.08 bits per heavy atom. The number of hydrogen-bond acceptors (Lipinski definition) is 8. The van der Waals surface area contributed by atoms with Crippen molar-refractivity contribution in [3.63, 3.8) is 0 Å². The van der Waals surface area contributed by atoms with E-state index in [4.69, 9.17) is 0 Å². The molecule has 0 bridgehead atoms. The van der Waals surface area contributed by atoms with Crippen molar-refractivity contribution in [1.82, 2.24) is 30.3 Å². The van der Waals surface area contributed by atoms with Gasteiger partial charge in [0.1, 0.15) is 42.9 Å². The predicted molar refractivity (Wildman–Crippen MR) is 211 cm³/mol. The Morgan fingerprint density at radius 2 is 1.51 bits per heavy atom. The third kappa shape index (κ3) is 11.7. The molecule has 0 radical (unpaired) electrons. The molecule has 1 unspecified atom stereocenters. The molecule has 0 spiro atoms. The van der Waals surface area contributed by atoms with Crippen LogP contribution in [0.25, 0.3) is 11.1 Å². The molecule has 316 valence electrons. The van der Waals surface area contributed by atoms with Gasteiger partial charge in [-0.15, -0.1) is 0 Å². The summed E-state index contributed by atoms with van der Waals surface area (Å²) in [5.74, 6) is -7.91. The number of carboxylic acids is 1. The Morgan fingerprint density at radius 1 is 0.864 bits per heavy atom. The van der Waals surface area contributed by atoms with Gasteiger partial charge in [0, 0.05) is 48.3 Å². The smallest absolute Gasteiger partial charge is 0.326 e. The van der Waals surface area contributed by atoms with Crippen LogP contribution in [-0.4, -0.2) is 104 Å². The van der Waals surface area contributed by atoms with Gasteiger partial charge in [-0.2, -0.15) is 0 Å². The summed E-state index contributed by atoms with van der Waals surface area (Å²) >= 11 is 0. The van der Waals surface area contributed by atoms with E-state index in [9.17, 15) is 48.2 Å². The molecule has 2 aromatic carbocycles. The molecule has 2 heterocycles. The first-order valence-corrected chi connectivity index (χ1v) is 19.0. The number of rotatable bonds is 18. The lowest BCUT2D eigenvalue weighted by Gasteiger charge is -2.41. The van der Waals surface area contributed by atoms with Gasteiger partial charge in [-0.3, -0.25) is 33.7 Å². The highest BCUT2D eigenvalue weighted by Gasteiger charge is 2.38. The number of aromatic nitrogens is 1. The van der Waals surface area contributed by atoms with Crippen molar-refractivity contribution in [2.24, 2.45) is 11.3 Å². The van der Waals surface area contributed by atoms with E-state index in [2.05, 4.69) is 16.0 Å². The van der Waals surface area contributed by atoms with Crippen molar-refractivity contribution in [2.45, 2.75) is 78.7 Å². The van der Waals surface area contributed by atoms with E-state index in [1.165, 1.54) is 11.8 Å². The molecule has 0 aliphatic carbocycles. The van der Waals surface area contributed by atoms with E-state index < -0.39 is 102 Å². The molecule has 17 heteroatoms. The van der Waals surface area contributed by atoms with Crippen LogP contribution in [0.1, 0.15) is 65.3 Å². The van der Waals surface area contributed by atoms with Crippen molar-refractivity contribution in [2.75, 3.05) is 19.7 Å². The number of aliphatic hydroxyl groups is 1. The van der Waals surface area contributed by atoms with E-state index in [1.807, 2.05) is 51.1 Å². The van der Waals surface area contributed by atoms with Gasteiger partial charge in [-0.05, 0) is 54.5 Å². The third-order valence-electron chi connectivity index (χ3n) is 9.73. The maximum atomic E-state index is 15.1. The average molecular weight is 821 g/mol. The zero-order valence-corrected chi connectivity index (χ0v) is 33.7. The number of carboxylic acid groups (broad SMARTS) is 1. The minimum Gasteiger partial charge on any atom is -0.480 e. The normalized spacial score (nSPS) is 14.8. The molecule has 0 saturated carbocycles. The fraction of sp³-hybridized carbons (Fsp3) is 0.405. The number of benzene rings is 2. The van der Waals surface area contributed by atoms with Crippen molar-refractivity contribution < 1.29 is 52.6 Å². The van der Waals surface area contributed by atoms with Crippen molar-refractivity contribution in [3.05, 3.63) is 95.8 Å². The first kappa shape index (κ1) is 45.5. The SMILES string of the molecule is CC(C)C(NC(=O)CN1C(=O)C=CC1=O)C(=O)N[C@@H](C)C(=O)N[C@@H](CCN(C(=O)CO)[C@@H](c1cc(-c2cc(F)ccc2F)cn1Cc1ccccc1)C(C)(C)C)C(=O)O.